The van der Waals surface area contributed by atoms with E-state index in [1.807, 2.05) is 6.92 Å². The highest BCUT2D eigenvalue weighted by Gasteiger charge is 2.05. The lowest BCUT2D eigenvalue weighted by atomic mass is 10.1. The molecule has 0 saturated heterocycles. The van der Waals surface area contributed by atoms with Crippen LogP contribution in [0.5, 0.6) is 0 Å². The molecule has 1 aromatic rings. The molecule has 0 N–H and O–H groups in total. The first-order valence-corrected chi connectivity index (χ1v) is 4.52. The fourth-order valence-electron chi connectivity index (χ4n) is 0.967. The van der Waals surface area contributed by atoms with Crippen molar-refractivity contribution in [1.82, 2.24) is 0 Å². The maximum atomic E-state index is 13.2. The van der Waals surface area contributed by atoms with E-state index in [9.17, 15) is 9.18 Å². The molecule has 0 aliphatic heterocycles. The summed E-state index contributed by atoms with van der Waals surface area (Å²) in [6.45, 7) is 1.86. The molecular formula is C10H8BrFO. The quantitative estimate of drug-likeness (QED) is 0.576. The molecule has 0 radical (unpaired) electrons. The Kier molecular flexibility index (Phi) is 3.37. The summed E-state index contributed by atoms with van der Waals surface area (Å²) in [6.07, 6.45) is 3.33. The van der Waals surface area contributed by atoms with Crippen molar-refractivity contribution in [2.45, 2.75) is 6.92 Å². The average Bonchev–Trinajstić information content (AvgIpc) is 2.12. The second-order valence-corrected chi connectivity index (χ2v) is 3.38. The monoisotopic (exact) mass is 242 g/mol. The Balaban J connectivity index is 3.25. The molecule has 0 aliphatic carbocycles. The number of rotatable bonds is 2. The van der Waals surface area contributed by atoms with Gasteiger partial charge in [-0.05, 0) is 46.6 Å². The van der Waals surface area contributed by atoms with Gasteiger partial charge in [0.25, 0.3) is 0 Å². The third-order valence-electron chi connectivity index (χ3n) is 1.66. The Morgan fingerprint density at radius 3 is 2.77 bits per heavy atom. The van der Waals surface area contributed by atoms with E-state index < -0.39 is 0 Å². The summed E-state index contributed by atoms with van der Waals surface area (Å²) in [5.74, 6) is -0.337. The third-order valence-corrected chi connectivity index (χ3v) is 2.71. The van der Waals surface area contributed by atoms with Crippen LogP contribution in [0.15, 0.2) is 22.7 Å². The predicted octanol–water partition coefficient (Wildman–Crippen LogP) is 3.11. The van der Waals surface area contributed by atoms with Gasteiger partial charge in [-0.15, -0.1) is 0 Å². The Morgan fingerprint density at radius 1 is 1.46 bits per heavy atom. The molecule has 3 heteroatoms. The summed E-state index contributed by atoms with van der Waals surface area (Å²) in [5, 5.41) is 0. The first-order chi connectivity index (χ1) is 6.16. The van der Waals surface area contributed by atoms with Gasteiger partial charge in [0.2, 0.25) is 0 Å². The zero-order valence-corrected chi connectivity index (χ0v) is 8.64. The largest absolute Gasteiger partial charge is 0.299 e. The zero-order valence-electron chi connectivity index (χ0n) is 7.05. The van der Waals surface area contributed by atoms with Crippen molar-refractivity contribution in [3.8, 4) is 0 Å². The van der Waals surface area contributed by atoms with Gasteiger partial charge in [0.15, 0.2) is 0 Å². The van der Waals surface area contributed by atoms with E-state index in [0.717, 1.165) is 5.56 Å². The van der Waals surface area contributed by atoms with Crippen molar-refractivity contribution >= 4 is 28.3 Å². The number of allylic oxidation sites excluding steroid dienone is 1. The van der Waals surface area contributed by atoms with Crippen LogP contribution in [0.1, 0.15) is 11.1 Å². The van der Waals surface area contributed by atoms with Gasteiger partial charge in [0.1, 0.15) is 12.1 Å². The van der Waals surface area contributed by atoms with E-state index in [2.05, 4.69) is 15.9 Å². The smallest absolute Gasteiger partial charge is 0.142 e. The topological polar surface area (TPSA) is 17.1 Å². The number of halogens is 2. The molecule has 0 saturated carbocycles. The van der Waals surface area contributed by atoms with E-state index in [4.69, 9.17) is 0 Å². The first-order valence-electron chi connectivity index (χ1n) is 3.73. The summed E-state index contributed by atoms with van der Waals surface area (Å²) in [6, 6.07) is 3.06. The number of benzene rings is 1. The van der Waals surface area contributed by atoms with Crippen LogP contribution in [0.25, 0.3) is 6.08 Å². The van der Waals surface area contributed by atoms with Crippen LogP contribution in [0.4, 0.5) is 4.39 Å². The van der Waals surface area contributed by atoms with Crippen LogP contribution in [0.3, 0.4) is 0 Å². The van der Waals surface area contributed by atoms with Crippen LogP contribution in [-0.2, 0) is 4.79 Å². The number of hydrogen-bond acceptors (Lipinski definition) is 1. The number of hydrogen-bond donors (Lipinski definition) is 0. The van der Waals surface area contributed by atoms with Gasteiger partial charge < -0.3 is 0 Å². The van der Waals surface area contributed by atoms with Crippen LogP contribution in [0, 0.1) is 12.7 Å². The summed E-state index contributed by atoms with van der Waals surface area (Å²) in [5.41, 5.74) is 1.35. The average molecular weight is 243 g/mol. The fourth-order valence-corrected chi connectivity index (χ4v) is 1.42. The van der Waals surface area contributed by atoms with E-state index in [0.29, 0.717) is 16.3 Å². The fraction of sp³-hybridized carbons (Fsp3) is 0.100. The van der Waals surface area contributed by atoms with E-state index in [1.54, 1.807) is 6.07 Å². The Labute approximate surface area is 84.4 Å². The van der Waals surface area contributed by atoms with Gasteiger partial charge >= 0.3 is 0 Å². The first kappa shape index (κ1) is 10.1. The minimum Gasteiger partial charge on any atom is -0.299 e. The molecule has 0 fully saturated rings. The third kappa shape index (κ3) is 2.25. The Bertz CT molecular complexity index is 358. The van der Waals surface area contributed by atoms with Gasteiger partial charge in [-0.25, -0.2) is 4.39 Å². The molecule has 0 heterocycles. The van der Waals surface area contributed by atoms with Crippen molar-refractivity contribution in [2.24, 2.45) is 0 Å². The number of carbonyl (C=O) groups is 1. The normalized spacial score (nSPS) is 10.7. The molecule has 68 valence electrons. The molecule has 0 aromatic heterocycles. The van der Waals surface area contributed by atoms with Crippen molar-refractivity contribution in [1.29, 1.82) is 0 Å². The lowest BCUT2D eigenvalue weighted by Crippen LogP contribution is -1.87. The minimum atomic E-state index is -0.337. The number of aryl methyl sites for hydroxylation is 1. The molecule has 0 amide bonds. The standard InChI is InChI=1S/C10H8BrFO/c1-7-4-5-9(12)8(10(7)11)3-2-6-13/h2-6H,1H3. The predicted molar refractivity (Wildman–Crippen MR) is 53.9 cm³/mol. The van der Waals surface area contributed by atoms with E-state index in [-0.39, 0.29) is 5.82 Å². The van der Waals surface area contributed by atoms with Crippen LogP contribution >= 0.6 is 15.9 Å². The highest BCUT2D eigenvalue weighted by molar-refractivity contribution is 9.10. The van der Waals surface area contributed by atoms with Crippen LogP contribution in [0.2, 0.25) is 0 Å². The minimum absolute atomic E-state index is 0.337. The summed E-state index contributed by atoms with van der Waals surface area (Å²) >= 11 is 3.25. The second kappa shape index (κ2) is 4.33. The van der Waals surface area contributed by atoms with Crippen molar-refractivity contribution in [2.75, 3.05) is 0 Å². The zero-order chi connectivity index (χ0) is 9.84. The van der Waals surface area contributed by atoms with Gasteiger partial charge in [0, 0.05) is 10.0 Å². The maximum absolute atomic E-state index is 13.2. The van der Waals surface area contributed by atoms with Crippen molar-refractivity contribution in [3.05, 3.63) is 39.6 Å². The Morgan fingerprint density at radius 2 is 2.15 bits per heavy atom. The molecule has 0 aliphatic rings. The highest BCUT2D eigenvalue weighted by atomic mass is 79.9. The molecule has 0 bridgehead atoms. The molecule has 13 heavy (non-hydrogen) atoms. The lowest BCUT2D eigenvalue weighted by Gasteiger charge is -2.03. The van der Waals surface area contributed by atoms with E-state index in [1.165, 1.54) is 18.2 Å². The van der Waals surface area contributed by atoms with Gasteiger partial charge in [-0.1, -0.05) is 6.07 Å². The number of aldehydes is 1. The lowest BCUT2D eigenvalue weighted by molar-refractivity contribution is -0.104. The molecule has 0 unspecified atom stereocenters. The van der Waals surface area contributed by atoms with Crippen LogP contribution < -0.4 is 0 Å². The summed E-state index contributed by atoms with van der Waals surface area (Å²) in [7, 11) is 0. The molecule has 1 nitrogen and oxygen atoms in total. The molecule has 0 atom stereocenters. The SMILES string of the molecule is Cc1ccc(F)c(C=CC=O)c1Br. The molecule has 1 rings (SSSR count). The molecular weight excluding hydrogens is 235 g/mol. The Hall–Kier alpha value is -0.960. The summed E-state index contributed by atoms with van der Waals surface area (Å²) < 4.78 is 13.8. The molecule has 1 aromatic carbocycles. The maximum Gasteiger partial charge on any atom is 0.142 e. The van der Waals surface area contributed by atoms with Crippen molar-refractivity contribution < 1.29 is 9.18 Å². The second-order valence-electron chi connectivity index (χ2n) is 2.59. The number of carbonyl (C=O) groups excluding carboxylic acids is 1. The van der Waals surface area contributed by atoms with E-state index >= 15 is 0 Å². The van der Waals surface area contributed by atoms with Gasteiger partial charge in [-0.3, -0.25) is 4.79 Å². The van der Waals surface area contributed by atoms with Gasteiger partial charge in [0.05, 0.1) is 0 Å². The van der Waals surface area contributed by atoms with Crippen molar-refractivity contribution in [3.63, 3.8) is 0 Å². The van der Waals surface area contributed by atoms with Crippen LogP contribution in [-0.4, -0.2) is 6.29 Å². The molecule has 0 spiro atoms. The highest BCUT2D eigenvalue weighted by Crippen LogP contribution is 2.24. The summed E-state index contributed by atoms with van der Waals surface area (Å²) in [4.78, 5) is 10.1. The van der Waals surface area contributed by atoms with Gasteiger partial charge in [-0.2, -0.15) is 0 Å².